The largest absolute Gasteiger partial charge is 0.475 e. The van der Waals surface area contributed by atoms with Gasteiger partial charge in [0, 0.05) is 10.0 Å². The van der Waals surface area contributed by atoms with Crippen molar-refractivity contribution in [3.63, 3.8) is 0 Å². The number of benzene rings is 1. The second kappa shape index (κ2) is 4.33. The number of aromatic nitrogens is 1. The summed E-state index contributed by atoms with van der Waals surface area (Å²) in [5.74, 6) is -0.872. The van der Waals surface area contributed by atoms with Gasteiger partial charge in [0.15, 0.2) is 0 Å². The molecular formula is C12H10BrNO3. The fourth-order valence-electron chi connectivity index (χ4n) is 1.58. The quantitative estimate of drug-likeness (QED) is 0.922. The van der Waals surface area contributed by atoms with Crippen LogP contribution >= 0.6 is 15.9 Å². The van der Waals surface area contributed by atoms with Crippen LogP contribution in [0.15, 0.2) is 27.1 Å². The third-order valence-electron chi connectivity index (χ3n) is 2.41. The predicted octanol–water partition coefficient (Wildman–Crippen LogP) is 3.42. The summed E-state index contributed by atoms with van der Waals surface area (Å²) in [4.78, 5) is 15.0. The van der Waals surface area contributed by atoms with Gasteiger partial charge in [-0.2, -0.15) is 0 Å². The van der Waals surface area contributed by atoms with Crippen molar-refractivity contribution in [2.24, 2.45) is 0 Å². The number of rotatable bonds is 2. The number of halogens is 1. The molecule has 0 amide bonds. The molecule has 0 spiro atoms. The molecular weight excluding hydrogens is 286 g/mol. The molecule has 2 rings (SSSR count). The van der Waals surface area contributed by atoms with Crippen molar-refractivity contribution in [3.8, 4) is 11.5 Å². The first-order chi connectivity index (χ1) is 7.99. The summed E-state index contributed by atoms with van der Waals surface area (Å²) in [6.07, 6.45) is 0. The zero-order valence-electron chi connectivity index (χ0n) is 9.32. The van der Waals surface area contributed by atoms with Crippen molar-refractivity contribution >= 4 is 21.9 Å². The number of aryl methyl sites for hydroxylation is 2. The van der Waals surface area contributed by atoms with Gasteiger partial charge in [0.25, 0.3) is 0 Å². The van der Waals surface area contributed by atoms with E-state index in [4.69, 9.17) is 9.52 Å². The van der Waals surface area contributed by atoms with E-state index < -0.39 is 5.97 Å². The fraction of sp³-hybridized carbons (Fsp3) is 0.167. The van der Waals surface area contributed by atoms with Gasteiger partial charge >= 0.3 is 5.97 Å². The number of hydrogen-bond acceptors (Lipinski definition) is 3. The maximum Gasteiger partial charge on any atom is 0.373 e. The summed E-state index contributed by atoms with van der Waals surface area (Å²) in [6.45, 7) is 3.53. The molecule has 0 aliphatic carbocycles. The van der Waals surface area contributed by atoms with E-state index in [1.807, 2.05) is 25.1 Å². The van der Waals surface area contributed by atoms with Crippen molar-refractivity contribution in [2.75, 3.05) is 0 Å². The molecule has 17 heavy (non-hydrogen) atoms. The average molecular weight is 296 g/mol. The van der Waals surface area contributed by atoms with Gasteiger partial charge in [-0.15, -0.1) is 0 Å². The lowest BCUT2D eigenvalue weighted by molar-refractivity contribution is 0.0662. The summed E-state index contributed by atoms with van der Waals surface area (Å²) in [6, 6.07) is 5.63. The van der Waals surface area contributed by atoms with Crippen molar-refractivity contribution in [2.45, 2.75) is 13.8 Å². The Bertz CT molecular complexity index is 589. The van der Waals surface area contributed by atoms with Gasteiger partial charge in [0.2, 0.25) is 11.7 Å². The van der Waals surface area contributed by atoms with Crippen LogP contribution in [0, 0.1) is 13.8 Å². The first kappa shape index (κ1) is 11.9. The topological polar surface area (TPSA) is 63.3 Å². The van der Waals surface area contributed by atoms with E-state index in [9.17, 15) is 4.79 Å². The molecule has 0 atom stereocenters. The number of nitrogens with zero attached hydrogens (tertiary/aromatic N) is 1. The maximum absolute atomic E-state index is 10.9. The Morgan fingerprint density at radius 2 is 2.12 bits per heavy atom. The Hall–Kier alpha value is -1.62. The molecule has 0 fully saturated rings. The van der Waals surface area contributed by atoms with E-state index in [1.165, 1.54) is 0 Å². The molecule has 0 aliphatic heterocycles. The minimum absolute atomic E-state index is 0.109. The smallest absolute Gasteiger partial charge is 0.373 e. The first-order valence-electron chi connectivity index (χ1n) is 4.96. The van der Waals surface area contributed by atoms with E-state index >= 15 is 0 Å². The predicted molar refractivity (Wildman–Crippen MR) is 66.1 cm³/mol. The third kappa shape index (κ3) is 2.24. The van der Waals surface area contributed by atoms with Crippen LogP contribution in [0.5, 0.6) is 0 Å². The monoisotopic (exact) mass is 295 g/mol. The molecule has 0 radical (unpaired) electrons. The molecule has 1 aromatic heterocycles. The summed E-state index contributed by atoms with van der Waals surface area (Å²) in [7, 11) is 0. The van der Waals surface area contributed by atoms with Crippen molar-refractivity contribution in [1.29, 1.82) is 0 Å². The van der Waals surface area contributed by atoms with E-state index in [0.29, 0.717) is 11.6 Å². The Kier molecular flexibility index (Phi) is 3.02. The van der Waals surface area contributed by atoms with E-state index in [1.54, 1.807) is 6.92 Å². The highest BCUT2D eigenvalue weighted by Crippen LogP contribution is 2.27. The van der Waals surface area contributed by atoms with Crippen molar-refractivity contribution < 1.29 is 14.3 Å². The summed E-state index contributed by atoms with van der Waals surface area (Å²) in [5, 5.41) is 8.90. The van der Waals surface area contributed by atoms with Crippen LogP contribution in [0.3, 0.4) is 0 Å². The molecule has 4 nitrogen and oxygen atoms in total. The average Bonchev–Trinajstić information content (AvgIpc) is 2.60. The molecule has 1 aromatic carbocycles. The van der Waals surface area contributed by atoms with Crippen LogP contribution in [0.4, 0.5) is 0 Å². The molecule has 5 heteroatoms. The summed E-state index contributed by atoms with van der Waals surface area (Å²) in [5.41, 5.74) is 2.15. The van der Waals surface area contributed by atoms with Crippen LogP contribution in [-0.2, 0) is 0 Å². The Labute approximate surface area is 106 Å². The minimum Gasteiger partial charge on any atom is -0.475 e. The number of carbonyl (C=O) groups is 1. The molecule has 0 saturated heterocycles. The van der Waals surface area contributed by atoms with Crippen LogP contribution in [0.2, 0.25) is 0 Å². The lowest BCUT2D eigenvalue weighted by Crippen LogP contribution is -1.95. The van der Waals surface area contributed by atoms with Gasteiger partial charge in [-0.05, 0) is 37.6 Å². The normalized spacial score (nSPS) is 10.5. The maximum atomic E-state index is 10.9. The lowest BCUT2D eigenvalue weighted by atomic mass is 10.1. The van der Waals surface area contributed by atoms with Gasteiger partial charge in [0.05, 0.1) is 5.69 Å². The van der Waals surface area contributed by atoms with Crippen molar-refractivity contribution in [3.05, 3.63) is 39.7 Å². The van der Waals surface area contributed by atoms with Crippen LogP contribution in [-0.4, -0.2) is 16.1 Å². The highest BCUT2D eigenvalue weighted by molar-refractivity contribution is 9.10. The number of carboxylic acids is 1. The van der Waals surface area contributed by atoms with E-state index in [0.717, 1.165) is 15.6 Å². The Morgan fingerprint density at radius 1 is 1.41 bits per heavy atom. The number of carboxylic acid groups (broad SMARTS) is 1. The van der Waals surface area contributed by atoms with Gasteiger partial charge in [-0.1, -0.05) is 15.9 Å². The van der Waals surface area contributed by atoms with Crippen LogP contribution in [0.1, 0.15) is 21.8 Å². The SMILES string of the molecule is Cc1cc(Br)ccc1-c1nc(C)c(C(=O)O)o1. The molecule has 2 aromatic rings. The first-order valence-corrected chi connectivity index (χ1v) is 5.75. The van der Waals surface area contributed by atoms with Gasteiger partial charge in [-0.3, -0.25) is 0 Å². The molecule has 0 saturated carbocycles. The molecule has 1 heterocycles. The third-order valence-corrected chi connectivity index (χ3v) is 2.90. The zero-order chi connectivity index (χ0) is 12.6. The van der Waals surface area contributed by atoms with Crippen LogP contribution < -0.4 is 0 Å². The molecule has 1 N–H and O–H groups in total. The summed E-state index contributed by atoms with van der Waals surface area (Å²) >= 11 is 3.37. The van der Waals surface area contributed by atoms with Crippen molar-refractivity contribution in [1.82, 2.24) is 4.98 Å². The Morgan fingerprint density at radius 3 is 2.65 bits per heavy atom. The molecule has 0 unspecified atom stereocenters. The lowest BCUT2D eigenvalue weighted by Gasteiger charge is -2.01. The van der Waals surface area contributed by atoms with Gasteiger partial charge < -0.3 is 9.52 Å². The number of hydrogen-bond donors (Lipinski definition) is 1. The van der Waals surface area contributed by atoms with E-state index in [-0.39, 0.29) is 5.76 Å². The molecule has 0 bridgehead atoms. The minimum atomic E-state index is -1.10. The van der Waals surface area contributed by atoms with Gasteiger partial charge in [0.1, 0.15) is 0 Å². The number of aromatic carboxylic acids is 1. The fourth-order valence-corrected chi connectivity index (χ4v) is 2.05. The van der Waals surface area contributed by atoms with Gasteiger partial charge in [-0.25, -0.2) is 9.78 Å². The highest BCUT2D eigenvalue weighted by atomic mass is 79.9. The second-order valence-corrected chi connectivity index (χ2v) is 4.61. The highest BCUT2D eigenvalue weighted by Gasteiger charge is 2.18. The zero-order valence-corrected chi connectivity index (χ0v) is 10.9. The molecule has 0 aliphatic rings. The summed E-state index contributed by atoms with van der Waals surface area (Å²) < 4.78 is 6.22. The Balaban J connectivity index is 2.53. The number of oxazole rings is 1. The second-order valence-electron chi connectivity index (χ2n) is 3.70. The van der Waals surface area contributed by atoms with E-state index in [2.05, 4.69) is 20.9 Å². The van der Waals surface area contributed by atoms with Crippen LogP contribution in [0.25, 0.3) is 11.5 Å². The molecule has 88 valence electrons. The standard InChI is InChI=1S/C12H10BrNO3/c1-6-5-8(13)3-4-9(6)11-14-7(2)10(17-11)12(15)16/h3-5H,1-2H3,(H,15,16).